The van der Waals surface area contributed by atoms with Crippen LogP contribution in [0.5, 0.6) is 0 Å². The Labute approximate surface area is 55.4 Å². The Morgan fingerprint density at radius 2 is 2.00 bits per heavy atom. The molecule has 0 amide bonds. The van der Waals surface area contributed by atoms with Gasteiger partial charge < -0.3 is 9.90 Å². The first-order valence-electron chi connectivity index (χ1n) is 1.96. The number of carbonyl (C=O) groups excluding carboxylic acids is 2. The molecule has 0 aliphatic heterocycles. The number of carboxylic acids is 1. The van der Waals surface area contributed by atoms with Gasteiger partial charge in [-0.25, -0.2) is 4.79 Å². The Morgan fingerprint density at radius 1 is 1.56 bits per heavy atom. The van der Waals surface area contributed by atoms with Crippen molar-refractivity contribution in [3.8, 4) is 0 Å². The molecule has 0 aromatic rings. The number of rotatable bonds is 3. The molecule has 50 valence electrons. The third-order valence-electron chi connectivity index (χ3n) is 0.581. The Morgan fingerprint density at radius 3 is 2.11 bits per heavy atom. The summed E-state index contributed by atoms with van der Waals surface area (Å²) >= 11 is 4.91. The summed E-state index contributed by atoms with van der Waals surface area (Å²) in [5.74, 6) is -2.99. The van der Waals surface area contributed by atoms with Gasteiger partial charge in [0.2, 0.25) is 0 Å². The molecule has 1 N–H and O–H groups in total. The second-order valence-electron chi connectivity index (χ2n) is 1.21. The highest BCUT2D eigenvalue weighted by Crippen LogP contribution is 1.91. The normalized spacial score (nSPS) is 12.1. The summed E-state index contributed by atoms with van der Waals surface area (Å²) in [4.78, 5) is 29.5. The summed E-state index contributed by atoms with van der Waals surface area (Å²) in [6.45, 7) is 0. The molecule has 0 aromatic heterocycles. The van der Waals surface area contributed by atoms with Gasteiger partial charge in [-0.2, -0.15) is 0 Å². The second-order valence-corrected chi connectivity index (χ2v) is 1.68. The van der Waals surface area contributed by atoms with Crippen LogP contribution < -0.4 is 0 Å². The van der Waals surface area contributed by atoms with Gasteiger partial charge in [-0.15, -0.1) is 11.6 Å². The predicted octanol–water partition coefficient (Wildman–Crippen LogP) is -0.554. The van der Waals surface area contributed by atoms with E-state index >= 15 is 0 Å². The van der Waals surface area contributed by atoms with Crippen molar-refractivity contribution in [3.05, 3.63) is 0 Å². The zero-order valence-electron chi connectivity index (χ0n) is 4.20. The Hall–Kier alpha value is -0.900. The number of carboxylic acid groups (broad SMARTS) is 1. The van der Waals surface area contributed by atoms with Crippen LogP contribution in [0.15, 0.2) is 0 Å². The van der Waals surface area contributed by atoms with Crippen LogP contribution in [0.3, 0.4) is 0 Å². The highest BCUT2D eigenvalue weighted by molar-refractivity contribution is 6.52. The second kappa shape index (κ2) is 3.19. The molecule has 4 nitrogen and oxygen atoms in total. The van der Waals surface area contributed by atoms with Crippen LogP contribution in [-0.2, 0) is 14.4 Å². The molecule has 1 unspecified atom stereocenters. The average Bonchev–Trinajstić information content (AvgIpc) is 1.84. The van der Waals surface area contributed by atoms with Crippen LogP contribution in [-0.4, -0.2) is 28.5 Å². The van der Waals surface area contributed by atoms with Crippen molar-refractivity contribution in [2.75, 3.05) is 0 Å². The molecular weight excluding hydrogens is 147 g/mol. The Kier molecular flexibility index (Phi) is 2.87. The van der Waals surface area contributed by atoms with E-state index in [0.29, 0.717) is 0 Å². The molecule has 0 bridgehead atoms. The molecule has 0 radical (unpaired) electrons. The van der Waals surface area contributed by atoms with E-state index in [1.54, 1.807) is 0 Å². The minimum absolute atomic E-state index is 0.0675. The molecule has 0 aliphatic rings. The van der Waals surface area contributed by atoms with Gasteiger partial charge in [-0.3, -0.25) is 4.79 Å². The largest absolute Gasteiger partial charge is 0.475 e. The lowest BCUT2D eigenvalue weighted by Crippen LogP contribution is -2.24. The maximum Gasteiger partial charge on any atom is 0.374 e. The van der Waals surface area contributed by atoms with Gasteiger partial charge in [-0.05, 0) is 0 Å². The summed E-state index contributed by atoms with van der Waals surface area (Å²) in [6.07, 6.45) is 0.0675. The maximum absolute atomic E-state index is 10.1. The highest BCUT2D eigenvalue weighted by atomic mass is 35.5. The van der Waals surface area contributed by atoms with Gasteiger partial charge in [0, 0.05) is 0 Å². The lowest BCUT2D eigenvalue weighted by atomic mass is 10.3. The topological polar surface area (TPSA) is 71.4 Å². The molecule has 5 heteroatoms. The van der Waals surface area contributed by atoms with Crippen molar-refractivity contribution in [1.82, 2.24) is 0 Å². The van der Waals surface area contributed by atoms with E-state index in [1.165, 1.54) is 0 Å². The highest BCUT2D eigenvalue weighted by Gasteiger charge is 2.20. The van der Waals surface area contributed by atoms with Crippen LogP contribution in [0.1, 0.15) is 0 Å². The lowest BCUT2D eigenvalue weighted by molar-refractivity contribution is -0.149. The SMILES string of the molecule is O=CC(Cl)C(=O)C(=O)O. The number of carbonyl (C=O) groups is 3. The van der Waals surface area contributed by atoms with E-state index in [9.17, 15) is 14.4 Å². The molecule has 0 fully saturated rings. The van der Waals surface area contributed by atoms with Crippen molar-refractivity contribution in [2.45, 2.75) is 5.38 Å². The van der Waals surface area contributed by atoms with Gasteiger partial charge in [0.15, 0.2) is 5.38 Å². The zero-order valence-corrected chi connectivity index (χ0v) is 4.96. The number of hydrogen-bond donors (Lipinski definition) is 1. The van der Waals surface area contributed by atoms with Crippen LogP contribution in [0.25, 0.3) is 0 Å². The summed E-state index contributed by atoms with van der Waals surface area (Å²) in [5, 5.41) is 6.34. The summed E-state index contributed by atoms with van der Waals surface area (Å²) in [7, 11) is 0. The molecule has 0 aliphatic carbocycles. The monoisotopic (exact) mass is 150 g/mol. The molecule has 0 spiro atoms. The molecule has 9 heavy (non-hydrogen) atoms. The van der Waals surface area contributed by atoms with Crippen molar-refractivity contribution < 1.29 is 19.5 Å². The van der Waals surface area contributed by atoms with E-state index in [0.717, 1.165) is 0 Å². The van der Waals surface area contributed by atoms with Crippen LogP contribution in [0.4, 0.5) is 0 Å². The lowest BCUT2D eigenvalue weighted by Gasteiger charge is -1.90. The number of alkyl halides is 1. The third kappa shape index (κ3) is 2.23. The zero-order chi connectivity index (χ0) is 7.44. The molecular formula is C4H3ClO4. The summed E-state index contributed by atoms with van der Waals surface area (Å²) in [5.41, 5.74) is 0. The van der Waals surface area contributed by atoms with Crippen LogP contribution >= 0.6 is 11.6 Å². The van der Waals surface area contributed by atoms with E-state index in [-0.39, 0.29) is 6.29 Å². The Bertz CT molecular complexity index is 153. The fourth-order valence-corrected chi connectivity index (χ4v) is 0.273. The quantitative estimate of drug-likeness (QED) is 0.254. The maximum atomic E-state index is 10.1. The number of ketones is 1. The van der Waals surface area contributed by atoms with E-state index in [2.05, 4.69) is 0 Å². The van der Waals surface area contributed by atoms with Crippen molar-refractivity contribution in [2.24, 2.45) is 0 Å². The molecule has 1 atom stereocenters. The summed E-state index contributed by atoms with van der Waals surface area (Å²) in [6, 6.07) is 0. The first kappa shape index (κ1) is 8.10. The molecule has 0 rings (SSSR count). The standard InChI is InChI=1S/C4H3ClO4/c5-2(1-6)3(7)4(8)9/h1-2H,(H,8,9). The van der Waals surface area contributed by atoms with Gasteiger partial charge in [0.05, 0.1) is 0 Å². The molecule has 0 aromatic carbocycles. The van der Waals surface area contributed by atoms with E-state index < -0.39 is 17.1 Å². The number of hydrogen-bond acceptors (Lipinski definition) is 3. The fourth-order valence-electron chi connectivity index (χ4n) is 0.180. The smallest absolute Gasteiger partial charge is 0.374 e. The number of aliphatic carboxylic acids is 1. The Balaban J connectivity index is 4.03. The predicted molar refractivity (Wildman–Crippen MR) is 28.3 cm³/mol. The summed E-state index contributed by atoms with van der Waals surface area (Å²) < 4.78 is 0. The molecule has 0 heterocycles. The van der Waals surface area contributed by atoms with Gasteiger partial charge in [-0.1, -0.05) is 0 Å². The fraction of sp³-hybridized carbons (Fsp3) is 0.250. The molecule has 0 saturated heterocycles. The van der Waals surface area contributed by atoms with Crippen molar-refractivity contribution in [3.63, 3.8) is 0 Å². The number of aldehydes is 1. The van der Waals surface area contributed by atoms with Gasteiger partial charge in [0.25, 0.3) is 5.78 Å². The minimum Gasteiger partial charge on any atom is -0.475 e. The first-order chi connectivity index (χ1) is 4.09. The minimum atomic E-state index is -1.69. The first-order valence-corrected chi connectivity index (χ1v) is 2.39. The van der Waals surface area contributed by atoms with Gasteiger partial charge in [0.1, 0.15) is 6.29 Å². The van der Waals surface area contributed by atoms with E-state index in [4.69, 9.17) is 16.7 Å². The number of halogens is 1. The number of Topliss-reactive ketones (excluding diaryl/α,β-unsaturated/α-hetero) is 1. The molecule has 0 saturated carbocycles. The third-order valence-corrected chi connectivity index (χ3v) is 0.882. The van der Waals surface area contributed by atoms with Crippen molar-refractivity contribution >= 4 is 29.6 Å². The van der Waals surface area contributed by atoms with Crippen LogP contribution in [0, 0.1) is 0 Å². The van der Waals surface area contributed by atoms with E-state index in [1.807, 2.05) is 0 Å². The van der Waals surface area contributed by atoms with Crippen molar-refractivity contribution in [1.29, 1.82) is 0 Å². The van der Waals surface area contributed by atoms with Crippen LogP contribution in [0.2, 0.25) is 0 Å². The average molecular weight is 151 g/mol. The van der Waals surface area contributed by atoms with Gasteiger partial charge >= 0.3 is 5.97 Å².